The highest BCUT2D eigenvalue weighted by Gasteiger charge is 2.19. The molecule has 2 aromatic carbocycles. The van der Waals surface area contributed by atoms with E-state index < -0.39 is 5.97 Å². The summed E-state index contributed by atoms with van der Waals surface area (Å²) in [6, 6.07) is 14.5. The molecule has 1 fully saturated rings. The summed E-state index contributed by atoms with van der Waals surface area (Å²) >= 11 is 0. The number of carboxylic acid groups (broad SMARTS) is 1. The van der Waals surface area contributed by atoms with Crippen LogP contribution in [0, 0.1) is 5.92 Å². The molecule has 138 valence electrons. The van der Waals surface area contributed by atoms with Crippen molar-refractivity contribution < 1.29 is 9.90 Å². The van der Waals surface area contributed by atoms with Crippen LogP contribution in [0.4, 0.5) is 0 Å². The Kier molecular flexibility index (Phi) is 4.75. The van der Waals surface area contributed by atoms with Crippen LogP contribution < -0.4 is 5.69 Å². The van der Waals surface area contributed by atoms with Gasteiger partial charge in [0, 0.05) is 17.5 Å². The van der Waals surface area contributed by atoms with Crippen LogP contribution in [0.1, 0.15) is 42.5 Å². The van der Waals surface area contributed by atoms with Crippen LogP contribution in [0.3, 0.4) is 0 Å². The molecule has 1 aliphatic rings. The summed E-state index contributed by atoms with van der Waals surface area (Å²) in [5, 5.41) is 10.2. The number of nitrogens with zero attached hydrogens (tertiary/aromatic N) is 2. The van der Waals surface area contributed by atoms with E-state index in [1.807, 2.05) is 30.3 Å². The minimum absolute atomic E-state index is 0.185. The molecule has 3 aromatic rings. The zero-order chi connectivity index (χ0) is 18.8. The number of rotatable bonds is 4. The third-order valence-corrected chi connectivity index (χ3v) is 5.44. The van der Waals surface area contributed by atoms with Gasteiger partial charge in [0.1, 0.15) is 0 Å². The zero-order valence-electron chi connectivity index (χ0n) is 15.1. The Balaban J connectivity index is 1.91. The number of carbonyl (C=O) groups is 1. The van der Waals surface area contributed by atoms with Gasteiger partial charge in [-0.1, -0.05) is 49.6 Å². The van der Waals surface area contributed by atoms with Gasteiger partial charge in [-0.25, -0.2) is 9.59 Å². The van der Waals surface area contributed by atoms with Gasteiger partial charge in [0.05, 0.1) is 16.8 Å². The third kappa shape index (κ3) is 3.50. The number of benzene rings is 2. The molecule has 1 aromatic heterocycles. The van der Waals surface area contributed by atoms with Gasteiger partial charge in [-0.2, -0.15) is 4.98 Å². The number of hydrogen-bond donors (Lipinski definition) is 1. The first kappa shape index (κ1) is 17.5. The van der Waals surface area contributed by atoms with E-state index in [1.54, 1.807) is 22.8 Å². The maximum atomic E-state index is 12.9. The lowest BCUT2D eigenvalue weighted by Crippen LogP contribution is -2.28. The minimum Gasteiger partial charge on any atom is -0.478 e. The molecule has 0 aliphatic heterocycles. The average molecular weight is 362 g/mol. The van der Waals surface area contributed by atoms with Gasteiger partial charge >= 0.3 is 11.7 Å². The van der Waals surface area contributed by atoms with E-state index in [2.05, 4.69) is 4.98 Å². The molecule has 1 aliphatic carbocycles. The first-order valence-corrected chi connectivity index (χ1v) is 9.47. The van der Waals surface area contributed by atoms with Crippen LogP contribution >= 0.6 is 0 Å². The summed E-state index contributed by atoms with van der Waals surface area (Å²) < 4.78 is 1.67. The fourth-order valence-electron chi connectivity index (χ4n) is 4.03. The molecule has 0 atom stereocenters. The number of aromatic nitrogens is 2. The van der Waals surface area contributed by atoms with E-state index in [0.717, 1.165) is 23.8 Å². The quantitative estimate of drug-likeness (QED) is 0.749. The van der Waals surface area contributed by atoms with E-state index in [0.29, 0.717) is 23.7 Å². The molecule has 0 bridgehead atoms. The van der Waals surface area contributed by atoms with Crippen LogP contribution in [0.2, 0.25) is 0 Å². The summed E-state index contributed by atoms with van der Waals surface area (Å²) in [6.07, 6.45) is 5.83. The van der Waals surface area contributed by atoms with Crippen LogP contribution in [0.25, 0.3) is 22.2 Å². The molecule has 0 radical (unpaired) electrons. The van der Waals surface area contributed by atoms with Gasteiger partial charge in [-0.05, 0) is 37.0 Å². The van der Waals surface area contributed by atoms with Gasteiger partial charge in [0.2, 0.25) is 0 Å². The van der Waals surface area contributed by atoms with Crippen molar-refractivity contribution in [3.63, 3.8) is 0 Å². The van der Waals surface area contributed by atoms with Crippen LogP contribution in [-0.2, 0) is 6.54 Å². The van der Waals surface area contributed by atoms with E-state index in [1.165, 1.54) is 19.3 Å². The molecule has 0 saturated heterocycles. The number of carboxylic acids is 1. The monoisotopic (exact) mass is 362 g/mol. The number of fused-ring (bicyclic) bond motifs is 1. The molecule has 1 saturated carbocycles. The SMILES string of the molecule is O=C(O)c1ccc2c(-c3ccccc3)nc(=O)n(CC3CCCCC3)c2c1. The molecular weight excluding hydrogens is 340 g/mol. The highest BCUT2D eigenvalue weighted by molar-refractivity contribution is 5.97. The van der Waals surface area contributed by atoms with Crippen molar-refractivity contribution in [3.8, 4) is 11.3 Å². The molecule has 0 unspecified atom stereocenters. The zero-order valence-corrected chi connectivity index (χ0v) is 15.1. The minimum atomic E-state index is -0.994. The maximum absolute atomic E-state index is 12.9. The Bertz CT molecular complexity index is 1030. The Morgan fingerprint density at radius 1 is 1.07 bits per heavy atom. The van der Waals surface area contributed by atoms with Gasteiger partial charge in [-0.15, -0.1) is 0 Å². The molecule has 0 amide bonds. The van der Waals surface area contributed by atoms with Crippen LogP contribution in [-0.4, -0.2) is 20.6 Å². The lowest BCUT2D eigenvalue weighted by atomic mass is 9.89. The second kappa shape index (κ2) is 7.35. The van der Waals surface area contributed by atoms with Gasteiger partial charge in [-0.3, -0.25) is 4.57 Å². The van der Waals surface area contributed by atoms with Crippen molar-refractivity contribution >= 4 is 16.9 Å². The highest BCUT2D eigenvalue weighted by Crippen LogP contribution is 2.29. The van der Waals surface area contributed by atoms with Crippen molar-refractivity contribution in [3.05, 3.63) is 64.6 Å². The molecule has 5 nitrogen and oxygen atoms in total. The van der Waals surface area contributed by atoms with E-state index in [-0.39, 0.29) is 11.3 Å². The standard InChI is InChI=1S/C22H22N2O3/c25-21(26)17-11-12-18-19(13-17)24(14-15-7-3-1-4-8-15)22(27)23-20(18)16-9-5-2-6-10-16/h2,5-6,9-13,15H,1,3-4,7-8,14H2,(H,25,26). The van der Waals surface area contributed by atoms with Gasteiger partial charge < -0.3 is 5.11 Å². The van der Waals surface area contributed by atoms with Crippen molar-refractivity contribution in [2.45, 2.75) is 38.6 Å². The largest absolute Gasteiger partial charge is 0.478 e. The second-order valence-electron chi connectivity index (χ2n) is 7.26. The maximum Gasteiger partial charge on any atom is 0.348 e. The molecule has 1 heterocycles. The van der Waals surface area contributed by atoms with Gasteiger partial charge in [0.15, 0.2) is 0 Å². The summed E-state index contributed by atoms with van der Waals surface area (Å²) in [5.74, 6) is -0.552. The number of hydrogen-bond acceptors (Lipinski definition) is 3. The third-order valence-electron chi connectivity index (χ3n) is 5.44. The Hall–Kier alpha value is -2.95. The summed E-state index contributed by atoms with van der Waals surface area (Å²) in [7, 11) is 0. The second-order valence-corrected chi connectivity index (χ2v) is 7.26. The fraction of sp³-hybridized carbons (Fsp3) is 0.318. The molecular formula is C22H22N2O3. The Morgan fingerprint density at radius 2 is 1.81 bits per heavy atom. The Morgan fingerprint density at radius 3 is 2.52 bits per heavy atom. The van der Waals surface area contributed by atoms with Crippen molar-refractivity contribution in [2.75, 3.05) is 0 Å². The fourth-order valence-corrected chi connectivity index (χ4v) is 4.03. The van der Waals surface area contributed by atoms with Crippen molar-refractivity contribution in [2.24, 2.45) is 5.92 Å². The summed E-state index contributed by atoms with van der Waals surface area (Å²) in [4.78, 5) is 28.7. The molecule has 1 N–H and O–H groups in total. The first-order chi connectivity index (χ1) is 13.1. The molecule has 5 heteroatoms. The average Bonchev–Trinajstić information content (AvgIpc) is 2.71. The molecule has 27 heavy (non-hydrogen) atoms. The van der Waals surface area contributed by atoms with Crippen molar-refractivity contribution in [1.29, 1.82) is 0 Å². The smallest absolute Gasteiger partial charge is 0.348 e. The van der Waals surface area contributed by atoms with E-state index in [9.17, 15) is 14.7 Å². The highest BCUT2D eigenvalue weighted by atomic mass is 16.4. The lowest BCUT2D eigenvalue weighted by molar-refractivity contribution is 0.0697. The normalized spacial score (nSPS) is 15.1. The topological polar surface area (TPSA) is 72.2 Å². The van der Waals surface area contributed by atoms with Gasteiger partial charge in [0.25, 0.3) is 0 Å². The first-order valence-electron chi connectivity index (χ1n) is 9.47. The summed E-state index contributed by atoms with van der Waals surface area (Å²) in [5.41, 5.74) is 1.98. The van der Waals surface area contributed by atoms with E-state index >= 15 is 0 Å². The predicted octanol–water partition coefficient (Wildman–Crippen LogP) is 4.34. The van der Waals surface area contributed by atoms with Crippen LogP contribution in [0.15, 0.2) is 53.3 Å². The molecule has 4 rings (SSSR count). The van der Waals surface area contributed by atoms with E-state index in [4.69, 9.17) is 0 Å². The van der Waals surface area contributed by atoms with Crippen LogP contribution in [0.5, 0.6) is 0 Å². The Labute approximate surface area is 157 Å². The predicted molar refractivity (Wildman–Crippen MR) is 105 cm³/mol. The summed E-state index contributed by atoms with van der Waals surface area (Å²) in [6.45, 7) is 0.598. The lowest BCUT2D eigenvalue weighted by Gasteiger charge is -2.23. The number of aromatic carboxylic acids is 1. The van der Waals surface area contributed by atoms with Crippen molar-refractivity contribution in [1.82, 2.24) is 9.55 Å². The molecule has 0 spiro atoms.